The third-order valence-corrected chi connectivity index (χ3v) is 1.68. The second kappa shape index (κ2) is 4.01. The lowest BCUT2D eigenvalue weighted by Crippen LogP contribution is -2.25. The first kappa shape index (κ1) is 8.93. The number of hydrogen-bond donors (Lipinski definition) is 2. The third-order valence-electron chi connectivity index (χ3n) is 1.68. The predicted molar refractivity (Wildman–Crippen MR) is 48.1 cm³/mol. The summed E-state index contributed by atoms with van der Waals surface area (Å²) in [6, 6.07) is 3.50. The SMILES string of the molecule is CCN(CCO)c1ccc(N)o1. The zero-order valence-corrected chi connectivity index (χ0v) is 7.16. The molecule has 1 aromatic rings. The normalized spacial score (nSPS) is 10.2. The minimum Gasteiger partial charge on any atom is -0.425 e. The number of aliphatic hydroxyl groups is 1. The van der Waals surface area contributed by atoms with Gasteiger partial charge in [0.15, 0.2) is 11.8 Å². The van der Waals surface area contributed by atoms with Crippen LogP contribution >= 0.6 is 0 Å². The van der Waals surface area contributed by atoms with Crippen LogP contribution in [0, 0.1) is 0 Å². The van der Waals surface area contributed by atoms with E-state index in [9.17, 15) is 0 Å². The van der Waals surface area contributed by atoms with Crippen molar-refractivity contribution in [1.29, 1.82) is 0 Å². The summed E-state index contributed by atoms with van der Waals surface area (Å²) < 4.78 is 5.18. The average molecular weight is 170 g/mol. The summed E-state index contributed by atoms with van der Waals surface area (Å²) in [7, 11) is 0. The fourth-order valence-corrected chi connectivity index (χ4v) is 1.06. The van der Waals surface area contributed by atoms with E-state index in [-0.39, 0.29) is 6.61 Å². The van der Waals surface area contributed by atoms with Crippen molar-refractivity contribution < 1.29 is 9.52 Å². The Balaban J connectivity index is 2.66. The van der Waals surface area contributed by atoms with Crippen molar-refractivity contribution in [1.82, 2.24) is 0 Å². The van der Waals surface area contributed by atoms with Crippen LogP contribution in [-0.2, 0) is 0 Å². The summed E-state index contributed by atoms with van der Waals surface area (Å²) in [6.45, 7) is 3.49. The van der Waals surface area contributed by atoms with Gasteiger partial charge in [0.1, 0.15) is 0 Å². The largest absolute Gasteiger partial charge is 0.425 e. The number of nitrogen functional groups attached to an aromatic ring is 1. The summed E-state index contributed by atoms with van der Waals surface area (Å²) in [5.74, 6) is 1.12. The molecule has 0 spiro atoms. The Morgan fingerprint density at radius 1 is 1.58 bits per heavy atom. The van der Waals surface area contributed by atoms with Crippen LogP contribution in [0.5, 0.6) is 0 Å². The van der Waals surface area contributed by atoms with Crippen molar-refractivity contribution in [3.05, 3.63) is 12.1 Å². The Hall–Kier alpha value is -1.16. The van der Waals surface area contributed by atoms with E-state index in [0.29, 0.717) is 18.3 Å². The van der Waals surface area contributed by atoms with Crippen LogP contribution in [0.15, 0.2) is 16.5 Å². The van der Waals surface area contributed by atoms with Gasteiger partial charge in [-0.15, -0.1) is 0 Å². The summed E-state index contributed by atoms with van der Waals surface area (Å²) >= 11 is 0. The zero-order chi connectivity index (χ0) is 8.97. The molecular weight excluding hydrogens is 156 g/mol. The molecule has 3 N–H and O–H groups in total. The highest BCUT2D eigenvalue weighted by Crippen LogP contribution is 2.18. The van der Waals surface area contributed by atoms with E-state index in [1.165, 1.54) is 0 Å². The number of aliphatic hydroxyl groups excluding tert-OH is 1. The molecule has 0 aliphatic carbocycles. The monoisotopic (exact) mass is 170 g/mol. The Kier molecular flexibility index (Phi) is 2.99. The number of likely N-dealkylation sites (N-methyl/N-ethyl adjacent to an activating group) is 1. The highest BCUT2D eigenvalue weighted by Gasteiger charge is 2.06. The average Bonchev–Trinajstić information content (AvgIpc) is 2.47. The molecule has 0 aliphatic heterocycles. The molecule has 0 atom stereocenters. The van der Waals surface area contributed by atoms with Crippen LogP contribution in [0.25, 0.3) is 0 Å². The van der Waals surface area contributed by atoms with Gasteiger partial charge < -0.3 is 20.2 Å². The van der Waals surface area contributed by atoms with Crippen LogP contribution in [0.1, 0.15) is 6.92 Å². The smallest absolute Gasteiger partial charge is 0.198 e. The Morgan fingerprint density at radius 2 is 2.33 bits per heavy atom. The molecule has 0 bridgehead atoms. The van der Waals surface area contributed by atoms with Crippen LogP contribution < -0.4 is 10.6 Å². The Labute approximate surface area is 71.6 Å². The molecule has 4 heteroatoms. The number of nitrogens with two attached hydrogens (primary N) is 1. The summed E-state index contributed by atoms with van der Waals surface area (Å²) in [5.41, 5.74) is 5.41. The standard InChI is InChI=1S/C8H14N2O2/c1-2-10(5-6-11)8-4-3-7(9)12-8/h3-4,11H,2,5-6,9H2,1H3. The first-order valence-electron chi connectivity index (χ1n) is 3.99. The number of hydrogen-bond acceptors (Lipinski definition) is 4. The molecule has 0 saturated carbocycles. The molecule has 1 heterocycles. The molecule has 1 aromatic heterocycles. The van der Waals surface area contributed by atoms with Gasteiger partial charge in [-0.1, -0.05) is 0 Å². The maximum atomic E-state index is 8.72. The fourth-order valence-electron chi connectivity index (χ4n) is 1.06. The fraction of sp³-hybridized carbons (Fsp3) is 0.500. The first-order chi connectivity index (χ1) is 5.77. The van der Waals surface area contributed by atoms with Gasteiger partial charge in [0.25, 0.3) is 0 Å². The molecule has 12 heavy (non-hydrogen) atoms. The van der Waals surface area contributed by atoms with Crippen LogP contribution in [0.2, 0.25) is 0 Å². The van der Waals surface area contributed by atoms with Gasteiger partial charge >= 0.3 is 0 Å². The van der Waals surface area contributed by atoms with Crippen molar-refractivity contribution in [2.75, 3.05) is 30.3 Å². The van der Waals surface area contributed by atoms with Crippen LogP contribution in [-0.4, -0.2) is 24.8 Å². The highest BCUT2D eigenvalue weighted by atomic mass is 16.4. The topological polar surface area (TPSA) is 62.6 Å². The molecule has 0 aliphatic rings. The molecule has 1 rings (SSSR count). The summed E-state index contributed by atoms with van der Waals surface area (Å²) in [4.78, 5) is 1.91. The molecule has 4 nitrogen and oxygen atoms in total. The molecule has 0 aromatic carbocycles. The molecular formula is C8H14N2O2. The third kappa shape index (κ3) is 1.92. The van der Waals surface area contributed by atoms with Gasteiger partial charge in [-0.2, -0.15) is 0 Å². The lowest BCUT2D eigenvalue weighted by atomic mass is 10.5. The maximum Gasteiger partial charge on any atom is 0.198 e. The van der Waals surface area contributed by atoms with Crippen LogP contribution in [0.3, 0.4) is 0 Å². The second-order valence-corrected chi connectivity index (χ2v) is 2.48. The van der Waals surface area contributed by atoms with Crippen molar-refractivity contribution in [2.45, 2.75) is 6.92 Å². The summed E-state index contributed by atoms with van der Waals surface area (Å²) in [5, 5.41) is 8.72. The number of furan rings is 1. The van der Waals surface area contributed by atoms with E-state index in [2.05, 4.69) is 0 Å². The van der Waals surface area contributed by atoms with Crippen LogP contribution in [0.4, 0.5) is 11.8 Å². The van der Waals surface area contributed by atoms with Gasteiger partial charge in [0, 0.05) is 25.2 Å². The molecule has 0 amide bonds. The van der Waals surface area contributed by atoms with Crippen molar-refractivity contribution in [3.8, 4) is 0 Å². The van der Waals surface area contributed by atoms with Crippen molar-refractivity contribution >= 4 is 11.8 Å². The second-order valence-electron chi connectivity index (χ2n) is 2.48. The minimum absolute atomic E-state index is 0.119. The molecule has 0 radical (unpaired) electrons. The van der Waals surface area contributed by atoms with Gasteiger partial charge in [-0.3, -0.25) is 0 Å². The van der Waals surface area contributed by atoms with E-state index in [1.54, 1.807) is 12.1 Å². The number of nitrogens with zero attached hydrogens (tertiary/aromatic N) is 1. The zero-order valence-electron chi connectivity index (χ0n) is 7.16. The number of rotatable bonds is 4. The van der Waals surface area contributed by atoms with E-state index in [0.717, 1.165) is 6.54 Å². The lowest BCUT2D eigenvalue weighted by molar-refractivity contribution is 0.300. The van der Waals surface area contributed by atoms with Crippen molar-refractivity contribution in [2.24, 2.45) is 0 Å². The minimum atomic E-state index is 0.119. The van der Waals surface area contributed by atoms with E-state index < -0.39 is 0 Å². The number of anilines is 2. The maximum absolute atomic E-state index is 8.72. The molecule has 68 valence electrons. The molecule has 0 fully saturated rings. The van der Waals surface area contributed by atoms with E-state index in [1.807, 2.05) is 11.8 Å². The summed E-state index contributed by atoms with van der Waals surface area (Å²) in [6.07, 6.45) is 0. The van der Waals surface area contributed by atoms with Gasteiger partial charge in [0.2, 0.25) is 0 Å². The van der Waals surface area contributed by atoms with Gasteiger partial charge in [0.05, 0.1) is 6.61 Å². The molecule has 0 saturated heterocycles. The Morgan fingerprint density at radius 3 is 2.75 bits per heavy atom. The molecule has 0 unspecified atom stereocenters. The van der Waals surface area contributed by atoms with E-state index in [4.69, 9.17) is 15.3 Å². The first-order valence-corrected chi connectivity index (χ1v) is 3.99. The van der Waals surface area contributed by atoms with E-state index >= 15 is 0 Å². The predicted octanol–water partition coefficient (Wildman–Crippen LogP) is 0.680. The van der Waals surface area contributed by atoms with Crippen molar-refractivity contribution in [3.63, 3.8) is 0 Å². The van der Waals surface area contributed by atoms with Gasteiger partial charge in [-0.25, -0.2) is 0 Å². The lowest BCUT2D eigenvalue weighted by Gasteiger charge is -2.17. The Bertz CT molecular complexity index is 235. The highest BCUT2D eigenvalue weighted by molar-refractivity contribution is 5.42. The quantitative estimate of drug-likeness (QED) is 0.697. The van der Waals surface area contributed by atoms with Gasteiger partial charge in [-0.05, 0) is 6.92 Å².